The summed E-state index contributed by atoms with van der Waals surface area (Å²) in [4.78, 5) is 50.4. The molecule has 0 spiro atoms. The van der Waals surface area contributed by atoms with Crippen molar-refractivity contribution in [3.05, 3.63) is 86.5 Å². The second kappa shape index (κ2) is 16.2. The minimum absolute atomic E-state index is 0.0293. The summed E-state index contributed by atoms with van der Waals surface area (Å²) in [7, 11) is 2.25. The first-order chi connectivity index (χ1) is 27.4. The number of fused-ring (bicyclic) bond motifs is 2. The van der Waals surface area contributed by atoms with Crippen molar-refractivity contribution < 1.29 is 23.5 Å². The Bertz CT molecular complexity index is 2230. The Morgan fingerprint density at radius 1 is 1.12 bits per heavy atom. The first-order valence-electron chi connectivity index (χ1n) is 19.5. The van der Waals surface area contributed by atoms with Gasteiger partial charge in [0.15, 0.2) is 10.8 Å². The van der Waals surface area contributed by atoms with Crippen LogP contribution in [0.15, 0.2) is 64.2 Å². The summed E-state index contributed by atoms with van der Waals surface area (Å²) in [6, 6.07) is 10.6. The Labute approximate surface area is 342 Å². The Morgan fingerprint density at radius 2 is 1.96 bits per heavy atom. The number of likely N-dealkylation sites (tertiary alicyclic amines) is 1. The molecule has 4 aliphatic rings. The zero-order valence-electron chi connectivity index (χ0n) is 33.0. The highest BCUT2D eigenvalue weighted by Crippen LogP contribution is 2.38. The summed E-state index contributed by atoms with van der Waals surface area (Å²) in [6.45, 7) is 11.8. The van der Waals surface area contributed by atoms with E-state index in [-0.39, 0.29) is 28.7 Å². The normalized spacial score (nSPS) is 22.1. The number of hydrogen-bond acceptors (Lipinski definition) is 11. The maximum absolute atomic E-state index is 14.1. The zero-order valence-corrected chi connectivity index (χ0v) is 35.6. The maximum Gasteiger partial charge on any atom is 0.338 e. The fourth-order valence-corrected chi connectivity index (χ4v) is 9.90. The van der Waals surface area contributed by atoms with Crippen LogP contribution in [-0.4, -0.2) is 121 Å². The zero-order chi connectivity index (χ0) is 40.0. The molecule has 1 N–H and O–H groups in total. The number of piperazine rings is 1. The monoisotopic (exact) mass is 833 g/mol. The standard InChI is InChI=1S/C40H49ClFN9O4SSi/c1-47-13-6-7-33(47)37-45-30-20-26(9-11-32(30)51(37)24-55-16-18-57(3,4)5)50-22-27-21-48(14-15-49(27)40(50)53)23-31-34(39(52)54-2)35(28-10-8-25(42)19-29(28)41)46-36(44-31)38-43-12-17-56-38/h8-12,17,19-20,27,33,35H,6-7,13-16,18,21-24H2,1-5H3,(H,44,46)/t27-,33?,35-/m0/s1. The van der Waals surface area contributed by atoms with Crippen molar-refractivity contribution in [3.8, 4) is 0 Å². The van der Waals surface area contributed by atoms with Crippen LogP contribution in [0.4, 0.5) is 14.9 Å². The van der Waals surface area contributed by atoms with Gasteiger partial charge in [-0.2, -0.15) is 0 Å². The highest BCUT2D eigenvalue weighted by atomic mass is 35.5. The van der Waals surface area contributed by atoms with Gasteiger partial charge in [-0.3, -0.25) is 19.7 Å². The van der Waals surface area contributed by atoms with E-state index in [4.69, 9.17) is 31.1 Å². The topological polar surface area (TPSA) is 121 Å². The maximum atomic E-state index is 14.1. The molecule has 0 bridgehead atoms. The third-order valence-electron chi connectivity index (χ3n) is 11.4. The number of rotatable bonds is 12. The molecule has 3 fully saturated rings. The predicted molar refractivity (Wildman–Crippen MR) is 223 cm³/mol. The molecular formula is C40H49ClFN9O4SSi. The Kier molecular flexibility index (Phi) is 11.3. The van der Waals surface area contributed by atoms with Crippen molar-refractivity contribution in [1.82, 2.24) is 34.6 Å². The summed E-state index contributed by atoms with van der Waals surface area (Å²) < 4.78 is 27.9. The van der Waals surface area contributed by atoms with Gasteiger partial charge in [-0.25, -0.2) is 23.9 Å². The Hall–Kier alpha value is -4.19. The van der Waals surface area contributed by atoms with Crippen LogP contribution in [0.3, 0.4) is 0 Å². The van der Waals surface area contributed by atoms with Crippen LogP contribution in [0.5, 0.6) is 0 Å². The summed E-state index contributed by atoms with van der Waals surface area (Å²) in [5, 5.41) is 6.02. The second-order valence-electron chi connectivity index (χ2n) is 16.4. The number of hydrogen-bond donors (Lipinski definition) is 1. The Balaban J connectivity index is 1.03. The lowest BCUT2D eigenvalue weighted by Gasteiger charge is -2.38. The predicted octanol–water partition coefficient (Wildman–Crippen LogP) is 6.51. The molecule has 0 saturated carbocycles. The number of benzene rings is 2. The minimum Gasteiger partial charge on any atom is -0.466 e. The lowest BCUT2D eigenvalue weighted by molar-refractivity contribution is -0.136. The van der Waals surface area contributed by atoms with Gasteiger partial charge in [0.1, 0.15) is 24.4 Å². The van der Waals surface area contributed by atoms with Crippen molar-refractivity contribution in [2.45, 2.75) is 63.4 Å². The molecule has 0 aliphatic carbocycles. The van der Waals surface area contributed by atoms with E-state index in [2.05, 4.69) is 57.4 Å². The van der Waals surface area contributed by atoms with E-state index in [0.29, 0.717) is 61.6 Å². The molecule has 2 aromatic carbocycles. The van der Waals surface area contributed by atoms with Gasteiger partial charge < -0.3 is 24.3 Å². The number of thiazole rings is 1. The lowest BCUT2D eigenvalue weighted by atomic mass is 9.95. The Morgan fingerprint density at radius 3 is 2.68 bits per heavy atom. The van der Waals surface area contributed by atoms with Crippen molar-refractivity contribution >= 4 is 65.6 Å². The van der Waals surface area contributed by atoms with Crippen molar-refractivity contribution in [3.63, 3.8) is 0 Å². The first kappa shape index (κ1) is 39.6. The third kappa shape index (κ3) is 8.12. The van der Waals surface area contributed by atoms with E-state index in [1.54, 1.807) is 12.3 Å². The average molecular weight is 834 g/mol. The molecule has 0 radical (unpaired) electrons. The largest absolute Gasteiger partial charge is 0.466 e. The number of nitrogens with one attached hydrogen (secondary N) is 1. The number of urea groups is 1. The SMILES string of the molecule is COC(=O)C1=C(CN2CCN3C(=O)N(c4ccc5c(c4)nc(C4CCCN4C)n5COCC[Si](C)(C)C)C[C@@H]3C2)NC(c2nccs2)=N[C@H]1c1ccc(F)cc1Cl. The number of imidazole rings is 1. The van der Waals surface area contributed by atoms with Crippen molar-refractivity contribution in [1.29, 1.82) is 0 Å². The van der Waals surface area contributed by atoms with Crippen molar-refractivity contribution in [2.75, 3.05) is 64.9 Å². The van der Waals surface area contributed by atoms with Gasteiger partial charge in [0.25, 0.3) is 0 Å². The number of esters is 1. The molecule has 8 rings (SSSR count). The number of aliphatic imine (C=N–C) groups is 1. The smallest absolute Gasteiger partial charge is 0.338 e. The van der Waals surface area contributed by atoms with E-state index in [1.165, 1.54) is 30.6 Å². The highest BCUT2D eigenvalue weighted by Gasteiger charge is 2.43. The van der Waals surface area contributed by atoms with E-state index >= 15 is 0 Å². The number of methoxy groups -OCH3 is 1. The minimum atomic E-state index is -1.23. The molecule has 13 nitrogen and oxygen atoms in total. The molecule has 6 heterocycles. The van der Waals surface area contributed by atoms with Crippen LogP contribution < -0.4 is 10.2 Å². The number of ether oxygens (including phenoxy) is 2. The number of carbonyl (C=O) groups excluding carboxylic acids is 2. The quantitative estimate of drug-likeness (QED) is 0.0969. The van der Waals surface area contributed by atoms with Gasteiger partial charge in [-0.1, -0.05) is 37.3 Å². The molecule has 302 valence electrons. The van der Waals surface area contributed by atoms with Crippen LogP contribution in [0, 0.1) is 5.82 Å². The fraction of sp³-hybridized carbons (Fsp3) is 0.475. The van der Waals surface area contributed by atoms with Crippen LogP contribution in [0.1, 0.15) is 41.3 Å². The van der Waals surface area contributed by atoms with E-state index in [0.717, 1.165) is 54.6 Å². The van der Waals surface area contributed by atoms with Gasteiger partial charge in [-0.05, 0) is 62.8 Å². The van der Waals surface area contributed by atoms with E-state index < -0.39 is 25.9 Å². The molecule has 17 heteroatoms. The van der Waals surface area contributed by atoms with Crippen LogP contribution in [0.25, 0.3) is 11.0 Å². The summed E-state index contributed by atoms with van der Waals surface area (Å²) >= 11 is 7.97. The second-order valence-corrected chi connectivity index (χ2v) is 23.3. The van der Waals surface area contributed by atoms with E-state index in [1.807, 2.05) is 27.3 Å². The van der Waals surface area contributed by atoms with Gasteiger partial charge >= 0.3 is 12.0 Å². The number of halogens is 2. The number of anilines is 1. The summed E-state index contributed by atoms with van der Waals surface area (Å²) in [5.74, 6) is 0.444. The first-order valence-corrected chi connectivity index (χ1v) is 24.4. The molecule has 3 atom stereocenters. The molecule has 4 aromatic rings. The summed E-state index contributed by atoms with van der Waals surface area (Å²) in [6.07, 6.45) is 3.86. The van der Waals surface area contributed by atoms with Crippen LogP contribution in [0.2, 0.25) is 30.7 Å². The molecular weight excluding hydrogens is 785 g/mol. The number of aromatic nitrogens is 3. The van der Waals surface area contributed by atoms with Crippen LogP contribution in [-0.2, 0) is 21.0 Å². The molecule has 4 aliphatic heterocycles. The van der Waals surface area contributed by atoms with E-state index in [9.17, 15) is 14.0 Å². The van der Waals surface area contributed by atoms with Gasteiger partial charge in [0.05, 0.1) is 35.8 Å². The van der Waals surface area contributed by atoms with Crippen LogP contribution >= 0.6 is 22.9 Å². The number of amidine groups is 1. The molecule has 2 aromatic heterocycles. The molecule has 2 amide bonds. The van der Waals surface area contributed by atoms with Crippen molar-refractivity contribution in [2.24, 2.45) is 4.99 Å². The van der Waals surface area contributed by atoms with Gasteiger partial charge in [0, 0.05) is 81.0 Å². The molecule has 3 saturated heterocycles. The third-order valence-corrected chi connectivity index (χ3v) is 14.2. The lowest BCUT2D eigenvalue weighted by Crippen LogP contribution is -2.53. The summed E-state index contributed by atoms with van der Waals surface area (Å²) in [5.41, 5.74) is 4.04. The fourth-order valence-electron chi connectivity index (χ4n) is 8.29. The number of nitrogens with zero attached hydrogens (tertiary/aromatic N) is 8. The average Bonchev–Trinajstić information content (AvgIpc) is 3.99. The highest BCUT2D eigenvalue weighted by molar-refractivity contribution is 7.11. The molecule has 1 unspecified atom stereocenters. The van der Waals surface area contributed by atoms with Gasteiger partial charge in [0.2, 0.25) is 0 Å². The number of amides is 2. The van der Waals surface area contributed by atoms with Gasteiger partial charge in [-0.15, -0.1) is 11.3 Å². The molecule has 57 heavy (non-hydrogen) atoms. The number of carbonyl (C=O) groups is 2.